The number of hydrogen-bond acceptors (Lipinski definition) is 8. The minimum atomic E-state index is -0.752. The van der Waals surface area contributed by atoms with Crippen molar-refractivity contribution in [2.75, 3.05) is 19.8 Å². The Morgan fingerprint density at radius 2 is 1.61 bits per heavy atom. The van der Waals surface area contributed by atoms with E-state index < -0.39 is 5.97 Å². The fourth-order valence-electron chi connectivity index (χ4n) is 6.98. The highest BCUT2D eigenvalue weighted by atomic mass is 35.5. The zero-order valence-corrected chi connectivity index (χ0v) is 28.7. The van der Waals surface area contributed by atoms with E-state index in [0.717, 1.165) is 114 Å². The minimum absolute atomic E-state index is 0.0238. The first kappa shape index (κ1) is 36.0. The van der Waals surface area contributed by atoms with Crippen molar-refractivity contribution in [3.05, 3.63) is 45.7 Å². The Morgan fingerprint density at radius 3 is 2.22 bits per heavy atom. The van der Waals surface area contributed by atoms with Crippen molar-refractivity contribution < 1.29 is 38.3 Å². The predicted octanol–water partition coefficient (Wildman–Crippen LogP) is 8.46. The third kappa shape index (κ3) is 12.0. The first-order valence-electron chi connectivity index (χ1n) is 17.6. The molecule has 1 aliphatic carbocycles. The van der Waals surface area contributed by atoms with Gasteiger partial charge in [-0.05, 0) is 108 Å². The van der Waals surface area contributed by atoms with Gasteiger partial charge in [-0.2, -0.15) is 0 Å². The second-order valence-corrected chi connectivity index (χ2v) is 14.8. The first-order chi connectivity index (χ1) is 22.5. The third-order valence-corrected chi connectivity index (χ3v) is 10.7. The highest BCUT2D eigenvalue weighted by Crippen LogP contribution is 2.42. The topological polar surface area (TPSA) is 92.7 Å². The first-order valence-corrected chi connectivity index (χ1v) is 18.8. The average molecular weight is 681 g/mol. The third-order valence-electron chi connectivity index (χ3n) is 9.45. The van der Waals surface area contributed by atoms with Gasteiger partial charge in [-0.3, -0.25) is 4.79 Å². The molecule has 46 heavy (non-hydrogen) atoms. The van der Waals surface area contributed by atoms with Crippen molar-refractivity contribution in [1.29, 1.82) is 0 Å². The largest absolute Gasteiger partial charge is 0.481 e. The summed E-state index contributed by atoms with van der Waals surface area (Å²) >= 11 is 7.86. The molecule has 8 atom stereocenters. The van der Waals surface area contributed by atoms with Crippen molar-refractivity contribution in [3.63, 3.8) is 0 Å². The number of thiophene rings is 1. The molecule has 3 aliphatic heterocycles. The van der Waals surface area contributed by atoms with Crippen LogP contribution in [0.5, 0.6) is 0 Å². The van der Waals surface area contributed by atoms with E-state index in [-0.39, 0.29) is 55.4 Å². The normalized spacial score (nSPS) is 31.5. The lowest BCUT2D eigenvalue weighted by Gasteiger charge is -2.30. The predicted molar refractivity (Wildman–Crippen MR) is 179 cm³/mol. The molecule has 3 saturated heterocycles. The summed E-state index contributed by atoms with van der Waals surface area (Å²) in [6.07, 6.45) is 22.3. The van der Waals surface area contributed by atoms with Crippen LogP contribution in [-0.2, 0) is 39.6 Å². The number of aryl methyl sites for hydroxylation is 1. The molecule has 4 aliphatic rings. The molecule has 258 valence electrons. The van der Waals surface area contributed by atoms with Crippen LogP contribution in [0.15, 0.2) is 36.4 Å². The van der Waals surface area contributed by atoms with Gasteiger partial charge in [-0.25, -0.2) is 0 Å². The highest BCUT2D eigenvalue weighted by Gasteiger charge is 2.45. The molecule has 4 heterocycles. The van der Waals surface area contributed by atoms with Crippen molar-refractivity contribution >= 4 is 28.9 Å². The number of carboxylic acids is 1. The number of hydrogen-bond donors (Lipinski definition) is 1. The number of carboxylic acid groups (broad SMARTS) is 1. The van der Waals surface area contributed by atoms with E-state index in [0.29, 0.717) is 6.42 Å². The Bertz CT molecular complexity index is 1080. The van der Waals surface area contributed by atoms with Crippen molar-refractivity contribution in [3.8, 4) is 0 Å². The number of carbonyl (C=O) groups is 1. The van der Waals surface area contributed by atoms with Gasteiger partial charge in [-0.1, -0.05) is 35.9 Å². The Morgan fingerprint density at radius 1 is 0.935 bits per heavy atom. The summed E-state index contributed by atoms with van der Waals surface area (Å²) in [7, 11) is 0. The zero-order chi connectivity index (χ0) is 32.0. The van der Waals surface area contributed by atoms with Crippen molar-refractivity contribution in [1.82, 2.24) is 0 Å². The Labute approximate surface area is 283 Å². The molecule has 0 spiro atoms. The van der Waals surface area contributed by atoms with Crippen molar-refractivity contribution in [2.45, 2.75) is 140 Å². The van der Waals surface area contributed by atoms with E-state index in [1.807, 2.05) is 6.07 Å². The fourth-order valence-corrected chi connectivity index (χ4v) is 8.08. The van der Waals surface area contributed by atoms with E-state index in [4.69, 9.17) is 45.1 Å². The van der Waals surface area contributed by atoms with Crippen LogP contribution in [0.3, 0.4) is 0 Å². The van der Waals surface area contributed by atoms with E-state index in [9.17, 15) is 4.79 Å². The number of allylic oxidation sites excluding steroid dienone is 2. The maximum absolute atomic E-state index is 11.0. The number of ether oxygens (including phenoxy) is 6. The molecule has 1 saturated carbocycles. The Hall–Kier alpha value is -1.30. The van der Waals surface area contributed by atoms with E-state index >= 15 is 0 Å². The summed E-state index contributed by atoms with van der Waals surface area (Å²) in [6, 6.07) is 4.06. The average Bonchev–Trinajstić information content (AvgIpc) is 3.63. The van der Waals surface area contributed by atoms with Crippen LogP contribution in [0, 0.1) is 11.8 Å². The fraction of sp³-hybridized carbons (Fsp3) is 0.750. The summed E-state index contributed by atoms with van der Waals surface area (Å²) in [5, 5.41) is 9.04. The number of halogens is 1. The Balaban J connectivity index is 1.34. The molecule has 0 radical (unpaired) electrons. The van der Waals surface area contributed by atoms with Gasteiger partial charge < -0.3 is 33.5 Å². The minimum Gasteiger partial charge on any atom is -0.481 e. The van der Waals surface area contributed by atoms with Gasteiger partial charge in [0.05, 0.1) is 22.6 Å². The van der Waals surface area contributed by atoms with E-state index in [2.05, 4.69) is 30.4 Å². The molecule has 1 aromatic heterocycles. The molecule has 0 amide bonds. The summed E-state index contributed by atoms with van der Waals surface area (Å²) in [4.78, 5) is 12.2. The highest BCUT2D eigenvalue weighted by molar-refractivity contribution is 7.16. The molecular formula is C36H53ClO8S. The van der Waals surface area contributed by atoms with Crippen LogP contribution in [0.2, 0.25) is 4.34 Å². The smallest absolute Gasteiger partial charge is 0.303 e. The van der Waals surface area contributed by atoms with Crippen LogP contribution >= 0.6 is 22.9 Å². The lowest BCUT2D eigenvalue weighted by Crippen LogP contribution is -2.31. The second kappa shape index (κ2) is 19.6. The molecule has 0 aromatic carbocycles. The summed E-state index contributed by atoms with van der Waals surface area (Å²) in [6.45, 7) is 2.22. The Kier molecular flexibility index (Phi) is 15.4. The monoisotopic (exact) mass is 680 g/mol. The number of unbranched alkanes of at least 4 members (excludes halogenated alkanes) is 1. The van der Waals surface area contributed by atoms with Gasteiger partial charge in [0.1, 0.15) is 0 Å². The standard InChI is InChI=1S/C36H53ClO8S/c37-32-21-19-27(46-32)18-16-26(43-34-13-5-8-22-40-34)17-20-29-28(11-3-1-2-4-12-33(38)39)30(44-35-14-6-9-23-41-35)25-31(29)45-36-15-7-10-24-42-36/h1,3,17,19-21,26,28-31,34-36H,2,4-16,18,22-25H2,(H,38,39)/t26-,28+,29+,30-,31+,34?,35?,36?/m0/s1. The maximum Gasteiger partial charge on any atom is 0.303 e. The zero-order valence-electron chi connectivity index (χ0n) is 27.1. The van der Waals surface area contributed by atoms with Gasteiger partial charge in [0.15, 0.2) is 18.9 Å². The maximum atomic E-state index is 11.0. The molecular weight excluding hydrogens is 628 g/mol. The molecule has 5 rings (SSSR count). The van der Waals surface area contributed by atoms with Gasteiger partial charge in [-0.15, -0.1) is 11.3 Å². The van der Waals surface area contributed by atoms with E-state index in [1.54, 1.807) is 11.3 Å². The van der Waals surface area contributed by atoms with Crippen LogP contribution in [0.1, 0.15) is 101 Å². The molecule has 1 N–H and O–H groups in total. The number of aliphatic carboxylic acids is 1. The summed E-state index contributed by atoms with van der Waals surface area (Å²) < 4.78 is 38.9. The molecule has 10 heteroatoms. The molecule has 4 fully saturated rings. The molecule has 0 bridgehead atoms. The lowest BCUT2D eigenvalue weighted by atomic mass is 9.89. The van der Waals surface area contributed by atoms with Gasteiger partial charge in [0.2, 0.25) is 0 Å². The molecule has 8 nitrogen and oxygen atoms in total. The van der Waals surface area contributed by atoms with Gasteiger partial charge >= 0.3 is 5.97 Å². The van der Waals surface area contributed by atoms with Crippen LogP contribution in [0.4, 0.5) is 0 Å². The van der Waals surface area contributed by atoms with Crippen molar-refractivity contribution in [2.24, 2.45) is 11.8 Å². The summed E-state index contributed by atoms with van der Waals surface area (Å²) in [5.74, 6) is -0.482. The SMILES string of the molecule is O=C(O)CCCC=CC[C@@H]1[C@@H](C=C[C@H](CCc2ccc(Cl)s2)OC2CCCCO2)[C@H](OC2CCCCO2)C[C@@H]1OC1CCCCO1. The second-order valence-electron chi connectivity index (χ2n) is 13.0. The van der Waals surface area contributed by atoms with Gasteiger partial charge in [0.25, 0.3) is 0 Å². The van der Waals surface area contributed by atoms with Crippen LogP contribution in [-0.4, -0.2) is 68.1 Å². The number of rotatable bonds is 17. The van der Waals surface area contributed by atoms with Crippen LogP contribution in [0.25, 0.3) is 0 Å². The quantitative estimate of drug-likeness (QED) is 0.129. The van der Waals surface area contributed by atoms with Crippen LogP contribution < -0.4 is 0 Å². The molecule has 3 unspecified atom stereocenters. The van der Waals surface area contributed by atoms with E-state index in [1.165, 1.54) is 4.88 Å². The van der Waals surface area contributed by atoms with Gasteiger partial charge in [0, 0.05) is 43.5 Å². The lowest BCUT2D eigenvalue weighted by molar-refractivity contribution is -0.203. The molecule has 1 aromatic rings. The summed E-state index contributed by atoms with van der Waals surface area (Å²) in [5.41, 5.74) is 0.